The number of halogens is 1. The summed E-state index contributed by atoms with van der Waals surface area (Å²) in [5.74, 6) is 0.863. The van der Waals surface area contributed by atoms with Crippen LogP contribution in [0.3, 0.4) is 0 Å². The molecular formula is C16H19ClN2OS. The number of benzene rings is 1. The Bertz CT molecular complexity index is 577. The molecule has 0 fully saturated rings. The van der Waals surface area contributed by atoms with Gasteiger partial charge in [0, 0.05) is 17.5 Å². The number of thioether (sulfide) groups is 1. The number of hydrogen-bond donors (Lipinski definition) is 1. The predicted molar refractivity (Wildman–Crippen MR) is 89.4 cm³/mol. The van der Waals surface area contributed by atoms with Crippen LogP contribution in [0, 0.1) is 0 Å². The van der Waals surface area contributed by atoms with Gasteiger partial charge in [0.15, 0.2) is 0 Å². The van der Waals surface area contributed by atoms with Crippen molar-refractivity contribution in [3.63, 3.8) is 0 Å². The van der Waals surface area contributed by atoms with Crippen LogP contribution in [0.1, 0.15) is 18.5 Å². The van der Waals surface area contributed by atoms with E-state index in [1.54, 1.807) is 25.1 Å². The molecule has 1 aromatic carbocycles. The molecule has 0 aliphatic rings. The minimum Gasteiger partial charge on any atom is -0.497 e. The van der Waals surface area contributed by atoms with Gasteiger partial charge in [-0.2, -0.15) is 0 Å². The van der Waals surface area contributed by atoms with Gasteiger partial charge in [0.1, 0.15) is 10.8 Å². The van der Waals surface area contributed by atoms with Crippen molar-refractivity contribution in [3.05, 3.63) is 53.2 Å². The summed E-state index contributed by atoms with van der Waals surface area (Å²) in [7, 11) is 3.64. The zero-order valence-corrected chi connectivity index (χ0v) is 13.9. The van der Waals surface area contributed by atoms with Crippen LogP contribution in [0.2, 0.25) is 5.02 Å². The number of nitrogens with zero attached hydrogens (tertiary/aromatic N) is 1. The molecule has 2 aromatic rings. The normalized spacial score (nSPS) is 13.7. The maximum absolute atomic E-state index is 6.18. The second-order valence-corrected chi connectivity index (χ2v) is 6.43. The number of rotatable bonds is 6. The van der Waals surface area contributed by atoms with Crippen LogP contribution in [0.15, 0.2) is 47.6 Å². The number of hydrogen-bond acceptors (Lipinski definition) is 4. The molecule has 0 bridgehead atoms. The summed E-state index contributed by atoms with van der Waals surface area (Å²) >= 11 is 7.85. The van der Waals surface area contributed by atoms with E-state index in [9.17, 15) is 0 Å². The molecule has 0 saturated heterocycles. The Hall–Kier alpha value is -1.23. The summed E-state index contributed by atoms with van der Waals surface area (Å²) in [6.07, 6.45) is 1.77. The van der Waals surface area contributed by atoms with Crippen LogP contribution >= 0.6 is 23.4 Å². The van der Waals surface area contributed by atoms with Gasteiger partial charge >= 0.3 is 0 Å². The molecule has 2 rings (SSSR count). The highest BCUT2D eigenvalue weighted by atomic mass is 35.5. The third-order valence-electron chi connectivity index (χ3n) is 3.28. The molecule has 0 radical (unpaired) electrons. The zero-order valence-electron chi connectivity index (χ0n) is 12.3. The van der Waals surface area contributed by atoms with Crippen LogP contribution in [0.4, 0.5) is 0 Å². The fraction of sp³-hybridized carbons (Fsp3) is 0.312. The first-order valence-corrected chi connectivity index (χ1v) is 8.00. The van der Waals surface area contributed by atoms with Crippen molar-refractivity contribution in [1.82, 2.24) is 10.3 Å². The Labute approximate surface area is 135 Å². The quantitative estimate of drug-likeness (QED) is 0.809. The number of ether oxygens (including phenoxy) is 1. The molecule has 21 heavy (non-hydrogen) atoms. The smallest absolute Gasteiger partial charge is 0.118 e. The third-order valence-corrected chi connectivity index (χ3v) is 4.89. The fourth-order valence-corrected chi connectivity index (χ4v) is 3.52. The van der Waals surface area contributed by atoms with E-state index in [1.807, 2.05) is 31.3 Å². The summed E-state index contributed by atoms with van der Waals surface area (Å²) in [6.45, 7) is 2.17. The molecule has 0 saturated carbocycles. The summed E-state index contributed by atoms with van der Waals surface area (Å²) in [5, 5.41) is 5.21. The molecule has 1 N–H and O–H groups in total. The average Bonchev–Trinajstić information content (AvgIpc) is 2.51. The molecule has 1 heterocycles. The molecular weight excluding hydrogens is 304 g/mol. The highest BCUT2D eigenvalue weighted by molar-refractivity contribution is 8.00. The van der Waals surface area contributed by atoms with Crippen molar-refractivity contribution in [1.29, 1.82) is 0 Å². The fourth-order valence-electron chi connectivity index (χ4n) is 2.19. The van der Waals surface area contributed by atoms with E-state index in [1.165, 1.54) is 5.56 Å². The van der Waals surface area contributed by atoms with Gasteiger partial charge < -0.3 is 10.1 Å². The summed E-state index contributed by atoms with van der Waals surface area (Å²) in [4.78, 5) is 4.34. The standard InChI is InChI=1S/C16H19ClN2OS/c1-11(21-16-14(17)5-4-10-19-16)15(18-2)12-6-8-13(20-3)9-7-12/h4-11,15,18H,1-3H3. The molecule has 112 valence electrons. The maximum atomic E-state index is 6.18. The van der Waals surface area contributed by atoms with Crippen molar-refractivity contribution in [2.24, 2.45) is 0 Å². The highest BCUT2D eigenvalue weighted by Gasteiger charge is 2.20. The van der Waals surface area contributed by atoms with Gasteiger partial charge in [-0.3, -0.25) is 0 Å². The number of aromatic nitrogens is 1. The van der Waals surface area contributed by atoms with Gasteiger partial charge in [-0.25, -0.2) is 4.98 Å². The second kappa shape index (κ2) is 7.69. The van der Waals surface area contributed by atoms with E-state index in [0.29, 0.717) is 5.02 Å². The van der Waals surface area contributed by atoms with Crippen LogP contribution < -0.4 is 10.1 Å². The first-order valence-electron chi connectivity index (χ1n) is 6.74. The SMILES string of the molecule is CNC(c1ccc(OC)cc1)C(C)Sc1ncccc1Cl. The Morgan fingerprint density at radius 3 is 2.52 bits per heavy atom. The van der Waals surface area contributed by atoms with Crippen molar-refractivity contribution < 1.29 is 4.74 Å². The van der Waals surface area contributed by atoms with Crippen molar-refractivity contribution >= 4 is 23.4 Å². The van der Waals surface area contributed by atoms with Crippen LogP contribution in [0.5, 0.6) is 5.75 Å². The number of methoxy groups -OCH3 is 1. The predicted octanol–water partition coefficient (Wildman–Crippen LogP) is 4.18. The lowest BCUT2D eigenvalue weighted by molar-refractivity contribution is 0.414. The van der Waals surface area contributed by atoms with Crippen LogP contribution in [-0.4, -0.2) is 24.4 Å². The lowest BCUT2D eigenvalue weighted by Gasteiger charge is -2.23. The first-order chi connectivity index (χ1) is 10.2. The minimum absolute atomic E-state index is 0.207. The van der Waals surface area contributed by atoms with E-state index in [4.69, 9.17) is 16.3 Å². The van der Waals surface area contributed by atoms with E-state index >= 15 is 0 Å². The van der Waals surface area contributed by atoms with Crippen molar-refractivity contribution in [2.45, 2.75) is 23.2 Å². The highest BCUT2D eigenvalue weighted by Crippen LogP contribution is 2.34. The van der Waals surface area contributed by atoms with Crippen molar-refractivity contribution in [3.8, 4) is 5.75 Å². The lowest BCUT2D eigenvalue weighted by atomic mass is 10.0. The molecule has 0 spiro atoms. The molecule has 5 heteroatoms. The minimum atomic E-state index is 0.207. The largest absolute Gasteiger partial charge is 0.497 e. The second-order valence-electron chi connectivity index (χ2n) is 4.65. The van der Waals surface area contributed by atoms with Gasteiger partial charge in [0.2, 0.25) is 0 Å². The molecule has 0 amide bonds. The molecule has 0 aliphatic carbocycles. The summed E-state index contributed by atoms with van der Waals surface area (Å²) in [6, 6.07) is 12.0. The topological polar surface area (TPSA) is 34.1 Å². The summed E-state index contributed by atoms with van der Waals surface area (Å²) in [5.41, 5.74) is 1.21. The van der Waals surface area contributed by atoms with Gasteiger partial charge in [0.25, 0.3) is 0 Å². The number of nitrogens with one attached hydrogen (secondary N) is 1. The summed E-state index contributed by atoms with van der Waals surface area (Å²) < 4.78 is 5.20. The first kappa shape index (κ1) is 16.1. The molecule has 3 nitrogen and oxygen atoms in total. The van der Waals surface area contributed by atoms with Crippen LogP contribution in [0.25, 0.3) is 0 Å². The van der Waals surface area contributed by atoms with E-state index in [2.05, 4.69) is 29.4 Å². The van der Waals surface area contributed by atoms with Gasteiger partial charge in [-0.05, 0) is 36.9 Å². The third kappa shape index (κ3) is 4.13. The zero-order chi connectivity index (χ0) is 15.2. The maximum Gasteiger partial charge on any atom is 0.118 e. The van der Waals surface area contributed by atoms with Gasteiger partial charge in [-0.1, -0.05) is 42.4 Å². The monoisotopic (exact) mass is 322 g/mol. The Kier molecular flexibility index (Phi) is 5.91. The van der Waals surface area contributed by atoms with Gasteiger partial charge in [0.05, 0.1) is 12.1 Å². The van der Waals surface area contributed by atoms with Gasteiger partial charge in [-0.15, -0.1) is 0 Å². The lowest BCUT2D eigenvalue weighted by Crippen LogP contribution is -2.25. The van der Waals surface area contributed by atoms with E-state index in [0.717, 1.165) is 10.8 Å². The molecule has 2 unspecified atom stereocenters. The Morgan fingerprint density at radius 2 is 1.95 bits per heavy atom. The van der Waals surface area contributed by atoms with Crippen LogP contribution in [-0.2, 0) is 0 Å². The Balaban J connectivity index is 2.14. The average molecular weight is 323 g/mol. The molecule has 2 atom stereocenters. The van der Waals surface area contributed by atoms with E-state index in [-0.39, 0.29) is 11.3 Å². The Morgan fingerprint density at radius 1 is 1.24 bits per heavy atom. The number of pyridine rings is 1. The van der Waals surface area contributed by atoms with Crippen molar-refractivity contribution in [2.75, 3.05) is 14.2 Å². The van der Waals surface area contributed by atoms with E-state index < -0.39 is 0 Å². The molecule has 1 aromatic heterocycles. The molecule has 0 aliphatic heterocycles.